The summed E-state index contributed by atoms with van der Waals surface area (Å²) in [5.74, 6) is 4.16. The number of fused-ring (bicyclic) bond motifs is 1. The van der Waals surface area contributed by atoms with Crippen molar-refractivity contribution in [1.29, 1.82) is 0 Å². The van der Waals surface area contributed by atoms with Crippen LogP contribution in [0.25, 0.3) is 11.9 Å². The summed E-state index contributed by atoms with van der Waals surface area (Å²) in [6.45, 7) is 8.96. The summed E-state index contributed by atoms with van der Waals surface area (Å²) >= 11 is 0. The van der Waals surface area contributed by atoms with Gasteiger partial charge in [-0.05, 0) is 49.2 Å². The van der Waals surface area contributed by atoms with Crippen LogP contribution in [-0.4, -0.2) is 23.2 Å². The van der Waals surface area contributed by atoms with Gasteiger partial charge in [0, 0.05) is 37.8 Å². The Morgan fingerprint density at radius 2 is 2.25 bits per heavy atom. The van der Waals surface area contributed by atoms with Gasteiger partial charge in [0.05, 0.1) is 18.8 Å². The van der Waals surface area contributed by atoms with Gasteiger partial charge in [0.1, 0.15) is 11.6 Å². The molecule has 0 bridgehead atoms. The molecular weight excluding hydrogens is 348 g/mol. The Bertz CT molecular complexity index is 900. The van der Waals surface area contributed by atoms with Gasteiger partial charge < -0.3 is 19.9 Å². The van der Waals surface area contributed by atoms with Crippen LogP contribution in [0.4, 0.5) is 0 Å². The lowest BCUT2D eigenvalue weighted by Crippen LogP contribution is -2.14. The quantitative estimate of drug-likeness (QED) is 0.570. The zero-order valence-corrected chi connectivity index (χ0v) is 16.8. The number of nitrogens with zero attached hydrogens (tertiary/aromatic N) is 2. The van der Waals surface area contributed by atoms with Gasteiger partial charge in [0.2, 0.25) is 0 Å². The molecule has 0 aliphatic carbocycles. The average molecular weight is 377 g/mol. The number of hydrogen-bond donors (Lipinski definition) is 2. The first-order valence-electron chi connectivity index (χ1n) is 9.23. The Morgan fingerprint density at radius 3 is 2.96 bits per heavy atom. The topological polar surface area (TPSA) is 51.1 Å². The molecule has 5 heteroatoms. The molecule has 1 aromatic heterocycles. The highest BCUT2D eigenvalue weighted by Crippen LogP contribution is 2.28. The molecule has 5 nitrogen and oxygen atoms in total. The summed E-state index contributed by atoms with van der Waals surface area (Å²) in [7, 11) is 1.93. The van der Waals surface area contributed by atoms with Crippen LogP contribution < -0.4 is 15.4 Å². The number of aromatic nitrogens is 2. The van der Waals surface area contributed by atoms with E-state index >= 15 is 0 Å². The minimum absolute atomic E-state index is 0.613. The van der Waals surface area contributed by atoms with Crippen molar-refractivity contribution in [1.82, 2.24) is 20.2 Å². The van der Waals surface area contributed by atoms with Crippen LogP contribution in [0.5, 0.6) is 5.75 Å². The number of ether oxygens (including phenoxy) is 1. The van der Waals surface area contributed by atoms with Gasteiger partial charge in [-0.15, -0.1) is 12.3 Å². The minimum Gasteiger partial charge on any atom is -0.493 e. The van der Waals surface area contributed by atoms with Gasteiger partial charge >= 0.3 is 0 Å². The van der Waals surface area contributed by atoms with Crippen LogP contribution in [0, 0.1) is 12.3 Å². The largest absolute Gasteiger partial charge is 0.493 e. The molecule has 28 heavy (non-hydrogen) atoms. The lowest BCUT2D eigenvalue weighted by atomic mass is 10.1. The fraction of sp³-hybridized carbons (Fsp3) is 0.261. The van der Waals surface area contributed by atoms with E-state index in [0.717, 1.165) is 41.6 Å². The summed E-state index contributed by atoms with van der Waals surface area (Å²) in [5, 5.41) is 6.54. The first kappa shape index (κ1) is 20.9. The third-order valence-electron chi connectivity index (χ3n) is 4.13. The zero-order valence-electron chi connectivity index (χ0n) is 16.8. The second-order valence-electron chi connectivity index (χ2n) is 6.13. The standard InChI is InChI=1S/C20H24N4O.C3H4/c1-4-5-15(2)23-13-20-22-9-10-24(20)14-18(21-3)16-6-7-19-17(12-16)8-11-25-19;1-3-2/h4-7,9-10,12,14,21,23H,2,8,11,13H2,1,3H3;1H,2H3/b5-4-,18-14-;. The van der Waals surface area contributed by atoms with E-state index in [1.54, 1.807) is 13.1 Å². The highest BCUT2D eigenvalue weighted by molar-refractivity contribution is 5.75. The van der Waals surface area contributed by atoms with Crippen LogP contribution in [0.3, 0.4) is 0 Å². The van der Waals surface area contributed by atoms with Gasteiger partial charge in [-0.1, -0.05) is 12.7 Å². The summed E-state index contributed by atoms with van der Waals surface area (Å²) in [4.78, 5) is 4.43. The van der Waals surface area contributed by atoms with Crippen molar-refractivity contribution >= 4 is 11.9 Å². The predicted molar refractivity (Wildman–Crippen MR) is 116 cm³/mol. The van der Waals surface area contributed by atoms with Crippen LogP contribution >= 0.6 is 0 Å². The van der Waals surface area contributed by atoms with Crippen molar-refractivity contribution in [3.63, 3.8) is 0 Å². The molecule has 2 aromatic rings. The van der Waals surface area contributed by atoms with E-state index in [4.69, 9.17) is 4.74 Å². The molecule has 0 spiro atoms. The molecule has 3 rings (SSSR count). The van der Waals surface area contributed by atoms with E-state index in [9.17, 15) is 0 Å². The molecule has 0 atom stereocenters. The lowest BCUT2D eigenvalue weighted by Gasteiger charge is -2.11. The molecule has 2 N–H and O–H groups in total. The normalized spacial score (nSPS) is 12.4. The highest BCUT2D eigenvalue weighted by Gasteiger charge is 2.13. The molecule has 0 amide bonds. The Hall–Kier alpha value is -3.39. The van der Waals surface area contributed by atoms with Crippen molar-refractivity contribution in [2.24, 2.45) is 0 Å². The summed E-state index contributed by atoms with van der Waals surface area (Å²) < 4.78 is 7.61. The van der Waals surface area contributed by atoms with Crippen molar-refractivity contribution in [3.8, 4) is 18.1 Å². The molecule has 0 saturated carbocycles. The van der Waals surface area contributed by atoms with Crippen LogP contribution in [0.2, 0.25) is 0 Å². The van der Waals surface area contributed by atoms with Gasteiger partial charge in [0.25, 0.3) is 0 Å². The summed E-state index contributed by atoms with van der Waals surface area (Å²) in [5.41, 5.74) is 4.29. The minimum atomic E-state index is 0.613. The number of nitrogens with one attached hydrogen (secondary N) is 2. The van der Waals surface area contributed by atoms with Gasteiger partial charge in [-0.2, -0.15) is 0 Å². The third kappa shape index (κ3) is 5.55. The molecule has 1 aliphatic rings. The Kier molecular flexibility index (Phi) is 7.98. The third-order valence-corrected chi connectivity index (χ3v) is 4.13. The number of terminal acetylenes is 1. The van der Waals surface area contributed by atoms with Gasteiger partial charge in [-0.3, -0.25) is 0 Å². The predicted octanol–water partition coefficient (Wildman–Crippen LogP) is 3.81. The fourth-order valence-electron chi connectivity index (χ4n) is 2.83. The summed E-state index contributed by atoms with van der Waals surface area (Å²) in [6.07, 6.45) is 15.3. The SMILES string of the molecule is C#CC.C=C(/C=C\C)NCc1nccn1/C=C(\NC)c1ccc2c(c1)CCO2. The van der Waals surface area contributed by atoms with Crippen molar-refractivity contribution in [2.75, 3.05) is 13.7 Å². The van der Waals surface area contributed by atoms with Crippen molar-refractivity contribution < 1.29 is 4.74 Å². The Labute approximate surface area is 167 Å². The fourth-order valence-corrected chi connectivity index (χ4v) is 2.83. The molecule has 1 aliphatic heterocycles. The van der Waals surface area contributed by atoms with E-state index in [1.807, 2.05) is 43.0 Å². The van der Waals surface area contributed by atoms with Crippen LogP contribution in [-0.2, 0) is 13.0 Å². The van der Waals surface area contributed by atoms with Crippen molar-refractivity contribution in [3.05, 3.63) is 72.0 Å². The molecular formula is C23H28N4O. The van der Waals surface area contributed by atoms with Crippen LogP contribution in [0.1, 0.15) is 30.8 Å². The second-order valence-corrected chi connectivity index (χ2v) is 6.13. The smallest absolute Gasteiger partial charge is 0.132 e. The van der Waals surface area contributed by atoms with Gasteiger partial charge in [-0.25, -0.2) is 4.98 Å². The number of rotatable bonds is 7. The second kappa shape index (κ2) is 10.7. The molecule has 0 radical (unpaired) electrons. The Morgan fingerprint density at radius 1 is 1.46 bits per heavy atom. The highest BCUT2D eigenvalue weighted by atomic mass is 16.5. The molecule has 0 unspecified atom stereocenters. The maximum Gasteiger partial charge on any atom is 0.132 e. The maximum absolute atomic E-state index is 5.59. The molecule has 1 aromatic carbocycles. The van der Waals surface area contributed by atoms with E-state index in [1.165, 1.54) is 5.56 Å². The molecule has 0 saturated heterocycles. The monoisotopic (exact) mass is 376 g/mol. The van der Waals surface area contributed by atoms with E-state index in [2.05, 4.69) is 52.9 Å². The summed E-state index contributed by atoms with van der Waals surface area (Å²) in [6, 6.07) is 6.31. The zero-order chi connectivity index (χ0) is 20.4. The van der Waals surface area contributed by atoms with E-state index in [0.29, 0.717) is 6.54 Å². The number of allylic oxidation sites excluding steroid dienone is 2. The van der Waals surface area contributed by atoms with Crippen molar-refractivity contribution in [2.45, 2.75) is 26.8 Å². The maximum atomic E-state index is 5.59. The lowest BCUT2D eigenvalue weighted by molar-refractivity contribution is 0.357. The first-order chi connectivity index (χ1) is 13.6. The van der Waals surface area contributed by atoms with Crippen LogP contribution in [0.15, 0.2) is 55.0 Å². The Balaban J connectivity index is 0.000000878. The first-order valence-corrected chi connectivity index (χ1v) is 9.23. The average Bonchev–Trinajstić information content (AvgIpc) is 3.33. The van der Waals surface area contributed by atoms with E-state index < -0.39 is 0 Å². The molecule has 146 valence electrons. The number of imidazole rings is 1. The molecule has 0 fully saturated rings. The van der Waals surface area contributed by atoms with Gasteiger partial charge in [0.15, 0.2) is 0 Å². The van der Waals surface area contributed by atoms with E-state index in [-0.39, 0.29) is 0 Å². The number of hydrogen-bond acceptors (Lipinski definition) is 4. The molecule has 2 heterocycles. The number of benzene rings is 1.